The van der Waals surface area contributed by atoms with Gasteiger partial charge in [0.25, 0.3) is 0 Å². The molecule has 286 valence electrons. The number of benzene rings is 4. The molecule has 0 radical (unpaired) electrons. The van der Waals surface area contributed by atoms with Gasteiger partial charge in [0.1, 0.15) is 0 Å². The third kappa shape index (κ3) is 6.36. The van der Waals surface area contributed by atoms with Crippen molar-refractivity contribution < 1.29 is 0 Å². The number of allylic oxidation sites excluding steroid dienone is 10. The molecule has 5 unspecified atom stereocenters. The van der Waals surface area contributed by atoms with E-state index in [0.29, 0.717) is 11.8 Å². The Hall–Kier alpha value is -6.13. The van der Waals surface area contributed by atoms with Crippen molar-refractivity contribution in [3.05, 3.63) is 203 Å². The van der Waals surface area contributed by atoms with Crippen molar-refractivity contribution in [2.24, 2.45) is 11.8 Å². The number of hydrogen-bond acceptors (Lipinski definition) is 4. The maximum Gasteiger partial charge on any atom is 0.160 e. The molecule has 4 aliphatic carbocycles. The van der Waals surface area contributed by atoms with Crippen LogP contribution in [0.5, 0.6) is 0 Å². The van der Waals surface area contributed by atoms with Crippen LogP contribution in [0.2, 0.25) is 0 Å². The molecule has 4 heteroatoms. The molecule has 4 aromatic carbocycles. The zero-order valence-corrected chi connectivity index (χ0v) is 33.4. The van der Waals surface area contributed by atoms with Crippen LogP contribution in [0, 0.1) is 17.2 Å². The highest BCUT2D eigenvalue weighted by molar-refractivity contribution is 6.18. The highest BCUT2D eigenvalue weighted by Crippen LogP contribution is 2.56. The first-order valence-electron chi connectivity index (χ1n) is 21.1. The van der Waals surface area contributed by atoms with E-state index in [2.05, 4.69) is 159 Å². The molecule has 0 fully saturated rings. The summed E-state index contributed by atoms with van der Waals surface area (Å²) in [6.45, 7) is 4.85. The largest absolute Gasteiger partial charge is 0.380 e. The van der Waals surface area contributed by atoms with Crippen LogP contribution in [-0.4, -0.2) is 22.2 Å². The van der Waals surface area contributed by atoms with Gasteiger partial charge < -0.3 is 10.7 Å². The molecule has 58 heavy (non-hydrogen) atoms. The Morgan fingerprint density at radius 1 is 0.793 bits per heavy atom. The van der Waals surface area contributed by atoms with Crippen molar-refractivity contribution in [3.8, 4) is 11.4 Å². The zero-order chi connectivity index (χ0) is 39.2. The third-order valence-corrected chi connectivity index (χ3v) is 13.5. The summed E-state index contributed by atoms with van der Waals surface area (Å²) in [5.41, 5.74) is 15.6. The quantitative estimate of drug-likeness (QED) is 0.163. The van der Waals surface area contributed by atoms with Gasteiger partial charge >= 0.3 is 0 Å². The highest BCUT2D eigenvalue weighted by Gasteiger charge is 2.45. The van der Waals surface area contributed by atoms with Gasteiger partial charge in [0.2, 0.25) is 0 Å². The fraction of sp³-hybridized carbons (Fsp3) is 0.241. The van der Waals surface area contributed by atoms with Crippen molar-refractivity contribution >= 4 is 28.6 Å². The Labute approximate surface area is 343 Å². The SMILES string of the molecule is CC1(C)c2ccccc2C2=CCC(c3cc(C4=CCCC=C4)nc(-c4ccc(C5c6ccccc6/C(=C(/C=N)c6ccccc6)NC5C5C=CC=CC5)cc4)n3)CC21. The molecular weight excluding hydrogens is 705 g/mol. The number of fused-ring (bicyclic) bond motifs is 4. The summed E-state index contributed by atoms with van der Waals surface area (Å²) in [6, 6.07) is 39.6. The molecule has 2 heterocycles. The summed E-state index contributed by atoms with van der Waals surface area (Å²) in [4.78, 5) is 10.7. The molecule has 4 nitrogen and oxygen atoms in total. The minimum atomic E-state index is 0.0809. The normalized spacial score (nSPS) is 24.8. The van der Waals surface area contributed by atoms with Crippen molar-refractivity contribution in [1.82, 2.24) is 15.3 Å². The topological polar surface area (TPSA) is 61.7 Å². The number of aromatic nitrogens is 2. The van der Waals surface area contributed by atoms with Crippen LogP contribution in [-0.2, 0) is 5.41 Å². The smallest absolute Gasteiger partial charge is 0.160 e. The van der Waals surface area contributed by atoms with Gasteiger partial charge in [-0.3, -0.25) is 0 Å². The zero-order valence-electron chi connectivity index (χ0n) is 33.4. The molecule has 0 amide bonds. The number of nitrogens with one attached hydrogen (secondary N) is 2. The fourth-order valence-electron chi connectivity index (χ4n) is 10.5. The van der Waals surface area contributed by atoms with E-state index in [0.717, 1.165) is 77.3 Å². The van der Waals surface area contributed by atoms with Gasteiger partial charge in [0.05, 0.1) is 11.4 Å². The van der Waals surface area contributed by atoms with E-state index in [-0.39, 0.29) is 23.3 Å². The lowest BCUT2D eigenvalue weighted by atomic mass is 9.70. The Kier molecular flexibility index (Phi) is 9.36. The second-order valence-electron chi connectivity index (χ2n) is 17.2. The van der Waals surface area contributed by atoms with Crippen LogP contribution >= 0.6 is 0 Å². The lowest BCUT2D eigenvalue weighted by Crippen LogP contribution is -2.44. The summed E-state index contributed by atoms with van der Waals surface area (Å²) >= 11 is 0. The minimum Gasteiger partial charge on any atom is -0.380 e. The molecule has 5 aliphatic rings. The van der Waals surface area contributed by atoms with Crippen molar-refractivity contribution in [2.45, 2.75) is 69.2 Å². The molecule has 0 saturated heterocycles. The van der Waals surface area contributed by atoms with Crippen molar-refractivity contribution in [3.63, 3.8) is 0 Å². The van der Waals surface area contributed by atoms with E-state index < -0.39 is 0 Å². The fourth-order valence-corrected chi connectivity index (χ4v) is 10.5. The standard InChI is InChI=1S/C54H50N4/c1-54(2)46-25-15-14-22-41(46)42-31-30-40(32-47(42)54)49-33-48(36-18-8-4-9-19-36)56-53(57-49)39-28-26-37(27-29-39)50-43-23-12-13-24-44(43)52(45(34-55)35-16-6-3-7-17-35)58-51(50)38-20-10-5-11-21-38/h3,5-8,10-20,22-29,31,33-34,38,40,47,50-51,55,58H,4,9,21,30,32H2,1-2H3/b52-45+,55-34?. The molecule has 0 saturated carbocycles. The molecule has 2 N–H and O–H groups in total. The highest BCUT2D eigenvalue weighted by atomic mass is 15.0. The van der Waals surface area contributed by atoms with E-state index in [4.69, 9.17) is 15.4 Å². The Morgan fingerprint density at radius 2 is 1.59 bits per heavy atom. The predicted molar refractivity (Wildman–Crippen MR) is 240 cm³/mol. The first-order chi connectivity index (χ1) is 28.5. The third-order valence-electron chi connectivity index (χ3n) is 13.5. The Morgan fingerprint density at radius 3 is 2.36 bits per heavy atom. The summed E-state index contributed by atoms with van der Waals surface area (Å²) in [7, 11) is 0. The molecule has 10 rings (SSSR count). The molecule has 5 atom stereocenters. The Bertz CT molecular complexity index is 2580. The van der Waals surface area contributed by atoms with E-state index in [9.17, 15) is 0 Å². The van der Waals surface area contributed by atoms with E-state index in [1.165, 1.54) is 39.6 Å². The van der Waals surface area contributed by atoms with Crippen LogP contribution in [0.15, 0.2) is 158 Å². The number of rotatable bonds is 7. The summed E-state index contributed by atoms with van der Waals surface area (Å²) in [6.07, 6.45) is 25.0. The number of nitrogens with zero attached hydrogens (tertiary/aromatic N) is 2. The average Bonchev–Trinajstić information content (AvgIpc) is 3.52. The molecule has 5 aromatic rings. The summed E-state index contributed by atoms with van der Waals surface area (Å²) in [5, 5.41) is 12.6. The first-order valence-corrected chi connectivity index (χ1v) is 21.1. The van der Waals surface area contributed by atoms with Gasteiger partial charge in [-0.2, -0.15) is 0 Å². The van der Waals surface area contributed by atoms with E-state index in [1.807, 2.05) is 18.2 Å². The van der Waals surface area contributed by atoms with Crippen LogP contribution in [0.3, 0.4) is 0 Å². The maximum absolute atomic E-state index is 8.57. The Balaban J connectivity index is 1.04. The lowest BCUT2D eigenvalue weighted by molar-refractivity contribution is 0.352. The predicted octanol–water partition coefficient (Wildman–Crippen LogP) is 12.5. The van der Waals surface area contributed by atoms with Crippen molar-refractivity contribution in [2.75, 3.05) is 0 Å². The van der Waals surface area contributed by atoms with Crippen LogP contribution in [0.4, 0.5) is 0 Å². The minimum absolute atomic E-state index is 0.0809. The van der Waals surface area contributed by atoms with Crippen LogP contribution < -0.4 is 5.32 Å². The molecule has 0 spiro atoms. The van der Waals surface area contributed by atoms with Crippen molar-refractivity contribution in [1.29, 1.82) is 5.41 Å². The average molecular weight is 755 g/mol. The van der Waals surface area contributed by atoms with Gasteiger partial charge in [0.15, 0.2) is 5.82 Å². The maximum atomic E-state index is 8.57. The van der Waals surface area contributed by atoms with Gasteiger partial charge in [0, 0.05) is 52.4 Å². The monoisotopic (exact) mass is 754 g/mol. The first kappa shape index (κ1) is 36.2. The van der Waals surface area contributed by atoms with Crippen LogP contribution in [0.1, 0.15) is 103 Å². The molecule has 0 bridgehead atoms. The lowest BCUT2D eigenvalue weighted by Gasteiger charge is -2.41. The molecule has 1 aromatic heterocycles. The van der Waals surface area contributed by atoms with Gasteiger partial charge in [-0.15, -0.1) is 0 Å². The van der Waals surface area contributed by atoms with Gasteiger partial charge in [-0.1, -0.05) is 166 Å². The molecular formula is C54H50N4. The molecule has 1 aliphatic heterocycles. The van der Waals surface area contributed by atoms with E-state index >= 15 is 0 Å². The second-order valence-corrected chi connectivity index (χ2v) is 17.2. The number of hydrogen-bond donors (Lipinski definition) is 2. The second kappa shape index (κ2) is 15.0. The van der Waals surface area contributed by atoms with E-state index in [1.54, 1.807) is 0 Å². The summed E-state index contributed by atoms with van der Waals surface area (Å²) < 4.78 is 0. The van der Waals surface area contributed by atoms with Gasteiger partial charge in [-0.05, 0) is 88.5 Å². The summed E-state index contributed by atoms with van der Waals surface area (Å²) in [5.74, 6) is 1.96. The van der Waals surface area contributed by atoms with Gasteiger partial charge in [-0.25, -0.2) is 9.97 Å². The van der Waals surface area contributed by atoms with Crippen LogP contribution in [0.25, 0.3) is 33.8 Å².